The number of morpholine rings is 1. The van der Waals surface area contributed by atoms with Crippen LogP contribution in [0.15, 0.2) is 18.2 Å². The Labute approximate surface area is 142 Å². The largest absolute Gasteiger partial charge is 0.491 e. The fourth-order valence-electron chi connectivity index (χ4n) is 3.03. The number of ether oxygens (including phenoxy) is 2. The van der Waals surface area contributed by atoms with Gasteiger partial charge >= 0.3 is 0 Å². The van der Waals surface area contributed by atoms with Crippen molar-refractivity contribution in [3.05, 3.63) is 29.3 Å². The molecule has 0 atom stereocenters. The second-order valence-electron chi connectivity index (χ2n) is 6.49. The Hall–Kier alpha value is -2.08. The molecule has 2 aliphatic heterocycles. The zero-order chi connectivity index (χ0) is 17.1. The zero-order valence-corrected chi connectivity index (χ0v) is 14.3. The molecule has 2 aliphatic rings. The van der Waals surface area contributed by atoms with Gasteiger partial charge in [-0.2, -0.15) is 0 Å². The summed E-state index contributed by atoms with van der Waals surface area (Å²) in [4.78, 5) is 28.6. The lowest BCUT2D eigenvalue weighted by Crippen LogP contribution is -2.40. The number of carbonyl (C=O) groups excluding carboxylic acids is 2. The molecule has 0 N–H and O–H groups in total. The van der Waals surface area contributed by atoms with Gasteiger partial charge in [0.2, 0.25) is 5.91 Å². The molecule has 2 amide bonds. The number of carbonyl (C=O) groups is 2. The number of hydrogen-bond donors (Lipinski definition) is 0. The maximum Gasteiger partial charge on any atom is 0.254 e. The van der Waals surface area contributed by atoms with E-state index in [-0.39, 0.29) is 17.7 Å². The lowest BCUT2D eigenvalue weighted by Gasteiger charge is -2.27. The Kier molecular flexibility index (Phi) is 5.04. The molecule has 0 spiro atoms. The molecule has 6 heteroatoms. The van der Waals surface area contributed by atoms with E-state index < -0.39 is 0 Å². The Morgan fingerprint density at radius 1 is 1.04 bits per heavy atom. The number of amides is 2. The molecule has 1 fully saturated rings. The molecule has 24 heavy (non-hydrogen) atoms. The average Bonchev–Trinajstić information content (AvgIpc) is 2.82. The van der Waals surface area contributed by atoms with Crippen LogP contribution in [-0.2, 0) is 16.1 Å². The molecule has 0 aliphatic carbocycles. The van der Waals surface area contributed by atoms with E-state index in [9.17, 15) is 9.59 Å². The zero-order valence-electron chi connectivity index (χ0n) is 14.3. The quantitative estimate of drug-likeness (QED) is 0.824. The van der Waals surface area contributed by atoms with Gasteiger partial charge < -0.3 is 19.3 Å². The van der Waals surface area contributed by atoms with Crippen LogP contribution >= 0.6 is 0 Å². The number of hydrogen-bond acceptors (Lipinski definition) is 4. The molecule has 6 nitrogen and oxygen atoms in total. The van der Waals surface area contributed by atoms with Crippen molar-refractivity contribution in [2.24, 2.45) is 5.92 Å². The molecule has 2 heterocycles. The van der Waals surface area contributed by atoms with Crippen LogP contribution in [0.5, 0.6) is 5.75 Å². The smallest absolute Gasteiger partial charge is 0.254 e. The predicted molar refractivity (Wildman–Crippen MR) is 88.9 cm³/mol. The Morgan fingerprint density at radius 3 is 2.46 bits per heavy atom. The van der Waals surface area contributed by atoms with Crippen molar-refractivity contribution in [3.63, 3.8) is 0 Å². The Bertz CT molecular complexity index is 623. The number of fused-ring (bicyclic) bond motifs is 1. The van der Waals surface area contributed by atoms with Gasteiger partial charge in [0.1, 0.15) is 12.4 Å². The first-order valence-electron chi connectivity index (χ1n) is 8.48. The monoisotopic (exact) mass is 332 g/mol. The summed E-state index contributed by atoms with van der Waals surface area (Å²) in [6.07, 6.45) is 0. The van der Waals surface area contributed by atoms with E-state index in [4.69, 9.17) is 9.47 Å². The molecule has 3 rings (SSSR count). The van der Waals surface area contributed by atoms with Crippen LogP contribution in [0.3, 0.4) is 0 Å². The van der Waals surface area contributed by atoms with Crippen LogP contribution in [0.1, 0.15) is 29.8 Å². The average molecular weight is 332 g/mol. The van der Waals surface area contributed by atoms with Crippen LogP contribution in [0, 0.1) is 5.92 Å². The highest BCUT2D eigenvalue weighted by Crippen LogP contribution is 2.26. The van der Waals surface area contributed by atoms with Gasteiger partial charge in [-0.3, -0.25) is 9.59 Å². The first kappa shape index (κ1) is 16.8. The number of benzene rings is 1. The second kappa shape index (κ2) is 7.21. The summed E-state index contributed by atoms with van der Waals surface area (Å²) in [5, 5.41) is 0. The fraction of sp³-hybridized carbons (Fsp3) is 0.556. The van der Waals surface area contributed by atoms with E-state index in [1.165, 1.54) is 0 Å². The molecule has 0 saturated carbocycles. The highest BCUT2D eigenvalue weighted by Gasteiger charge is 2.24. The Balaban J connectivity index is 1.81. The lowest BCUT2D eigenvalue weighted by atomic mass is 10.1. The van der Waals surface area contributed by atoms with Gasteiger partial charge in [0.15, 0.2) is 0 Å². The summed E-state index contributed by atoms with van der Waals surface area (Å²) in [7, 11) is 0. The predicted octanol–water partition coefficient (Wildman–Crippen LogP) is 1.54. The third-order valence-electron chi connectivity index (χ3n) is 4.39. The topological polar surface area (TPSA) is 59.1 Å². The third-order valence-corrected chi connectivity index (χ3v) is 4.39. The van der Waals surface area contributed by atoms with Gasteiger partial charge in [0.25, 0.3) is 5.91 Å². The van der Waals surface area contributed by atoms with Crippen molar-refractivity contribution in [2.45, 2.75) is 20.4 Å². The first-order valence-corrected chi connectivity index (χ1v) is 8.48. The van der Waals surface area contributed by atoms with E-state index in [0.717, 1.165) is 11.3 Å². The maximum absolute atomic E-state index is 12.6. The van der Waals surface area contributed by atoms with Crippen LogP contribution in [0.4, 0.5) is 0 Å². The summed E-state index contributed by atoms with van der Waals surface area (Å²) < 4.78 is 11.0. The standard InChI is InChI=1S/C18H24N2O4/c1-13(2)17(21)20-7-10-24-16-4-3-14(11-15(16)12-20)18(22)19-5-8-23-9-6-19/h3-4,11,13H,5-10,12H2,1-2H3. The minimum Gasteiger partial charge on any atom is -0.491 e. The molecule has 130 valence electrons. The van der Waals surface area contributed by atoms with Crippen LogP contribution in [0.25, 0.3) is 0 Å². The number of nitrogens with zero attached hydrogens (tertiary/aromatic N) is 2. The molecular weight excluding hydrogens is 308 g/mol. The summed E-state index contributed by atoms with van der Waals surface area (Å²) in [6.45, 7) is 7.71. The Morgan fingerprint density at radius 2 is 1.75 bits per heavy atom. The van der Waals surface area contributed by atoms with Gasteiger partial charge in [-0.1, -0.05) is 13.8 Å². The second-order valence-corrected chi connectivity index (χ2v) is 6.49. The summed E-state index contributed by atoms with van der Waals surface area (Å²) in [5.74, 6) is 0.820. The highest BCUT2D eigenvalue weighted by atomic mass is 16.5. The summed E-state index contributed by atoms with van der Waals surface area (Å²) in [5.41, 5.74) is 1.53. The highest BCUT2D eigenvalue weighted by molar-refractivity contribution is 5.94. The van der Waals surface area contributed by atoms with Gasteiger partial charge in [0, 0.05) is 36.7 Å². The van der Waals surface area contributed by atoms with Crippen molar-refractivity contribution >= 4 is 11.8 Å². The van der Waals surface area contributed by atoms with Crippen LogP contribution in [0.2, 0.25) is 0 Å². The van der Waals surface area contributed by atoms with Gasteiger partial charge in [-0.15, -0.1) is 0 Å². The molecule has 0 aromatic heterocycles. The molecule has 1 aromatic rings. The van der Waals surface area contributed by atoms with Crippen molar-refractivity contribution in [1.82, 2.24) is 9.80 Å². The molecular formula is C18H24N2O4. The molecule has 0 bridgehead atoms. The van der Waals surface area contributed by atoms with Crippen molar-refractivity contribution < 1.29 is 19.1 Å². The van der Waals surface area contributed by atoms with Gasteiger partial charge in [-0.25, -0.2) is 0 Å². The summed E-state index contributed by atoms with van der Waals surface area (Å²) >= 11 is 0. The molecule has 1 saturated heterocycles. The minimum atomic E-state index is -0.0512. The molecule has 0 radical (unpaired) electrons. The van der Waals surface area contributed by atoms with E-state index in [1.807, 2.05) is 26.0 Å². The third kappa shape index (κ3) is 3.53. The molecule has 1 aromatic carbocycles. The first-order chi connectivity index (χ1) is 11.6. The summed E-state index contributed by atoms with van der Waals surface area (Å²) in [6, 6.07) is 5.50. The van der Waals surface area contributed by atoms with E-state index >= 15 is 0 Å². The molecule has 0 unspecified atom stereocenters. The van der Waals surface area contributed by atoms with E-state index in [2.05, 4.69) is 0 Å². The van der Waals surface area contributed by atoms with Crippen LogP contribution in [-0.4, -0.2) is 61.1 Å². The SMILES string of the molecule is CC(C)C(=O)N1CCOc2ccc(C(=O)N3CCOCC3)cc2C1. The number of rotatable bonds is 2. The van der Waals surface area contributed by atoms with E-state index in [0.29, 0.717) is 51.6 Å². The van der Waals surface area contributed by atoms with E-state index in [1.54, 1.807) is 15.9 Å². The van der Waals surface area contributed by atoms with Crippen molar-refractivity contribution in [2.75, 3.05) is 39.5 Å². The minimum absolute atomic E-state index is 0.00656. The fourth-order valence-corrected chi connectivity index (χ4v) is 3.03. The van der Waals surface area contributed by atoms with Crippen molar-refractivity contribution in [1.29, 1.82) is 0 Å². The maximum atomic E-state index is 12.6. The van der Waals surface area contributed by atoms with Gasteiger partial charge in [-0.05, 0) is 18.2 Å². The van der Waals surface area contributed by atoms with Crippen molar-refractivity contribution in [3.8, 4) is 5.75 Å². The normalized spacial score (nSPS) is 18.0. The van der Waals surface area contributed by atoms with Crippen LogP contribution < -0.4 is 4.74 Å². The van der Waals surface area contributed by atoms with Gasteiger partial charge in [0.05, 0.1) is 19.8 Å². The lowest BCUT2D eigenvalue weighted by molar-refractivity contribution is -0.135.